The molecule has 0 aliphatic carbocycles. The second-order valence-corrected chi connectivity index (χ2v) is 9.72. The molecule has 4 rings (SSSR count). The van der Waals surface area contributed by atoms with Crippen molar-refractivity contribution in [3.63, 3.8) is 0 Å². The molecule has 3 heterocycles. The van der Waals surface area contributed by atoms with Gasteiger partial charge in [-0.3, -0.25) is 0 Å². The summed E-state index contributed by atoms with van der Waals surface area (Å²) >= 11 is 1.58. The van der Waals surface area contributed by atoms with E-state index in [0.717, 1.165) is 58.0 Å². The van der Waals surface area contributed by atoms with Crippen LogP contribution in [0.3, 0.4) is 0 Å². The number of aryl methyl sites for hydroxylation is 2. The lowest BCUT2D eigenvalue weighted by atomic mass is 9.92. The molecule has 1 aromatic carbocycles. The van der Waals surface area contributed by atoms with Crippen molar-refractivity contribution in [1.29, 1.82) is 0 Å². The first-order valence-electron chi connectivity index (χ1n) is 10.8. The molecule has 0 amide bonds. The number of rotatable bonds is 7. The Morgan fingerprint density at radius 2 is 2.00 bits per heavy atom. The first-order valence-corrected chi connectivity index (χ1v) is 11.7. The van der Waals surface area contributed by atoms with Crippen LogP contribution in [0.15, 0.2) is 42.2 Å². The van der Waals surface area contributed by atoms with Crippen LogP contribution in [-0.4, -0.2) is 31.4 Å². The predicted molar refractivity (Wildman–Crippen MR) is 130 cm³/mol. The second kappa shape index (κ2) is 8.78. The summed E-state index contributed by atoms with van der Waals surface area (Å²) in [7, 11) is 1.68. The highest BCUT2D eigenvalue weighted by molar-refractivity contribution is 7.14. The quantitative estimate of drug-likeness (QED) is 0.376. The van der Waals surface area contributed by atoms with Crippen molar-refractivity contribution in [3.05, 3.63) is 53.6 Å². The minimum absolute atomic E-state index is 0.00443. The molecule has 1 N–H and O–H groups in total. The highest BCUT2D eigenvalue weighted by Gasteiger charge is 2.20. The highest BCUT2D eigenvalue weighted by atomic mass is 32.1. The average Bonchev–Trinajstić information content (AvgIpc) is 3.48. The van der Waals surface area contributed by atoms with Gasteiger partial charge in [0.05, 0.1) is 36.2 Å². The van der Waals surface area contributed by atoms with E-state index in [-0.39, 0.29) is 5.41 Å². The summed E-state index contributed by atoms with van der Waals surface area (Å²) < 4.78 is 9.65. The lowest BCUT2D eigenvalue weighted by Crippen LogP contribution is -2.13. The van der Waals surface area contributed by atoms with Gasteiger partial charge in [-0.25, -0.2) is 14.6 Å². The van der Waals surface area contributed by atoms with E-state index in [1.807, 2.05) is 34.5 Å². The van der Waals surface area contributed by atoms with Gasteiger partial charge in [-0.1, -0.05) is 33.8 Å². The van der Waals surface area contributed by atoms with Crippen LogP contribution in [0, 0.1) is 6.92 Å². The molecule has 0 saturated heterocycles. The van der Waals surface area contributed by atoms with Crippen LogP contribution in [0.25, 0.3) is 16.9 Å². The first kappa shape index (κ1) is 22.1. The molecule has 168 valence electrons. The van der Waals surface area contributed by atoms with Gasteiger partial charge >= 0.3 is 0 Å². The molecule has 8 heteroatoms. The van der Waals surface area contributed by atoms with Crippen molar-refractivity contribution in [2.75, 3.05) is 12.4 Å². The second-order valence-electron chi connectivity index (χ2n) is 8.86. The van der Waals surface area contributed by atoms with E-state index >= 15 is 0 Å². The molecule has 0 radical (unpaired) electrons. The minimum atomic E-state index is -0.00443. The predicted octanol–water partition coefficient (Wildman–Crippen LogP) is 5.96. The molecule has 0 fully saturated rings. The summed E-state index contributed by atoms with van der Waals surface area (Å²) in [5, 5.41) is 11.2. The number of anilines is 2. The fourth-order valence-electron chi connectivity index (χ4n) is 3.44. The van der Waals surface area contributed by atoms with Crippen molar-refractivity contribution in [2.45, 2.75) is 53.0 Å². The van der Waals surface area contributed by atoms with Gasteiger partial charge in [-0.2, -0.15) is 5.10 Å². The van der Waals surface area contributed by atoms with Gasteiger partial charge in [0, 0.05) is 35.2 Å². The van der Waals surface area contributed by atoms with Gasteiger partial charge in [0.25, 0.3) is 0 Å². The van der Waals surface area contributed by atoms with Crippen LogP contribution in [0.2, 0.25) is 0 Å². The molecule has 0 aliphatic rings. The number of imidazole rings is 1. The average molecular weight is 451 g/mol. The highest BCUT2D eigenvalue weighted by Crippen LogP contribution is 2.33. The third-order valence-electron chi connectivity index (χ3n) is 5.19. The Balaban J connectivity index is 1.60. The Morgan fingerprint density at radius 3 is 2.66 bits per heavy atom. The summed E-state index contributed by atoms with van der Waals surface area (Å²) in [6.07, 6.45) is 4.79. The topological polar surface area (TPSA) is 69.8 Å². The lowest BCUT2D eigenvalue weighted by Gasteiger charge is -2.13. The molecule has 0 saturated carbocycles. The molecule has 0 aliphatic heterocycles. The van der Waals surface area contributed by atoms with Crippen LogP contribution < -0.4 is 10.1 Å². The summed E-state index contributed by atoms with van der Waals surface area (Å²) in [5.74, 6) is 1.75. The number of hydrogen-bond acceptors (Lipinski definition) is 6. The van der Waals surface area contributed by atoms with Crippen LogP contribution in [0.1, 0.15) is 45.5 Å². The number of thiazole rings is 1. The third-order valence-corrected chi connectivity index (χ3v) is 5.95. The Hall–Kier alpha value is -3.13. The number of nitrogens with zero attached hydrogens (tertiary/aromatic N) is 5. The molecule has 0 unspecified atom stereocenters. The zero-order valence-electron chi connectivity index (χ0n) is 19.5. The van der Waals surface area contributed by atoms with Gasteiger partial charge in [-0.15, -0.1) is 11.3 Å². The molecule has 7 nitrogen and oxygen atoms in total. The van der Waals surface area contributed by atoms with Crippen molar-refractivity contribution in [1.82, 2.24) is 24.3 Å². The van der Waals surface area contributed by atoms with Crippen molar-refractivity contribution in [3.8, 4) is 22.7 Å². The number of ether oxygens (including phenoxy) is 1. The van der Waals surface area contributed by atoms with E-state index in [9.17, 15) is 0 Å². The molecule has 0 spiro atoms. The maximum atomic E-state index is 5.65. The molecule has 3 aromatic heterocycles. The standard InChI is InChI=1S/C24H30N6OS/c1-7-10-30-22(12-21(28-30)24(3,4)5)27-23-26-18(14-32-23)17-8-9-19(20(11-17)31-6)29-13-16(2)25-15-29/h8-9,11-15H,7,10H2,1-6H3,(H,26,27). The van der Waals surface area contributed by atoms with Crippen LogP contribution in [0.5, 0.6) is 5.75 Å². The van der Waals surface area contributed by atoms with Crippen molar-refractivity contribution >= 4 is 22.3 Å². The molecular formula is C24H30N6OS. The van der Waals surface area contributed by atoms with E-state index < -0.39 is 0 Å². The number of methoxy groups -OCH3 is 1. The molecular weight excluding hydrogens is 420 g/mol. The first-order chi connectivity index (χ1) is 15.3. The SMILES string of the molecule is CCCn1nc(C(C)(C)C)cc1Nc1nc(-c2ccc(-n3cnc(C)c3)c(OC)c2)cs1. The molecule has 4 aromatic rings. The Kier molecular flexibility index (Phi) is 6.06. The zero-order chi connectivity index (χ0) is 22.9. The lowest BCUT2D eigenvalue weighted by molar-refractivity contribution is 0.413. The fraction of sp³-hybridized carbons (Fsp3) is 0.375. The smallest absolute Gasteiger partial charge is 0.188 e. The number of aromatic nitrogens is 5. The summed E-state index contributed by atoms with van der Waals surface area (Å²) in [6.45, 7) is 11.5. The van der Waals surface area contributed by atoms with Gasteiger partial charge < -0.3 is 14.6 Å². The van der Waals surface area contributed by atoms with Crippen LogP contribution in [-0.2, 0) is 12.0 Å². The third kappa shape index (κ3) is 4.55. The fourth-order valence-corrected chi connectivity index (χ4v) is 4.17. The van der Waals surface area contributed by atoms with Gasteiger partial charge in [0.15, 0.2) is 5.13 Å². The van der Waals surface area contributed by atoms with E-state index in [4.69, 9.17) is 14.8 Å². The summed E-state index contributed by atoms with van der Waals surface area (Å²) in [5.41, 5.74) is 4.88. The Labute approximate surface area is 193 Å². The van der Waals surface area contributed by atoms with E-state index in [1.165, 1.54) is 0 Å². The van der Waals surface area contributed by atoms with Gasteiger partial charge in [0.2, 0.25) is 0 Å². The van der Waals surface area contributed by atoms with E-state index in [2.05, 4.69) is 55.5 Å². The van der Waals surface area contributed by atoms with E-state index in [0.29, 0.717) is 0 Å². The summed E-state index contributed by atoms with van der Waals surface area (Å²) in [4.78, 5) is 9.13. The minimum Gasteiger partial charge on any atom is -0.495 e. The largest absolute Gasteiger partial charge is 0.495 e. The monoisotopic (exact) mass is 450 g/mol. The Bertz CT molecular complexity index is 1210. The van der Waals surface area contributed by atoms with Crippen molar-refractivity contribution in [2.24, 2.45) is 0 Å². The van der Waals surface area contributed by atoms with Crippen LogP contribution in [0.4, 0.5) is 10.9 Å². The zero-order valence-corrected chi connectivity index (χ0v) is 20.3. The van der Waals surface area contributed by atoms with Gasteiger partial charge in [0.1, 0.15) is 11.6 Å². The normalized spacial score (nSPS) is 11.7. The van der Waals surface area contributed by atoms with Gasteiger partial charge in [-0.05, 0) is 25.5 Å². The molecule has 32 heavy (non-hydrogen) atoms. The van der Waals surface area contributed by atoms with Crippen LogP contribution >= 0.6 is 11.3 Å². The number of benzene rings is 1. The Morgan fingerprint density at radius 1 is 1.19 bits per heavy atom. The maximum Gasteiger partial charge on any atom is 0.188 e. The number of nitrogens with one attached hydrogen (secondary N) is 1. The molecule has 0 atom stereocenters. The molecule has 0 bridgehead atoms. The van der Waals surface area contributed by atoms with Crippen molar-refractivity contribution < 1.29 is 4.74 Å². The maximum absolute atomic E-state index is 5.65. The number of hydrogen-bond donors (Lipinski definition) is 1. The summed E-state index contributed by atoms with van der Waals surface area (Å²) in [6, 6.07) is 8.24. The van der Waals surface area contributed by atoms with E-state index in [1.54, 1.807) is 24.8 Å².